The highest BCUT2D eigenvalue weighted by Crippen LogP contribution is 2.67. The SMILES string of the molecule is Nc1ccn([C@@H]2C3O[C@@H]4COP(O)(=S)OC5C(O)[C@@H](COP(=O)(S)OC4C32F)O[C@H]5n2cnc3c(=O)[nH]c(N)nc32)c(=O)n1. The van der Waals surface area contributed by atoms with Crippen molar-refractivity contribution in [3.8, 4) is 0 Å². The van der Waals surface area contributed by atoms with E-state index in [4.69, 9.17) is 50.8 Å². The first-order chi connectivity index (χ1) is 20.7. The molecule has 3 aromatic heterocycles. The van der Waals surface area contributed by atoms with Gasteiger partial charge in [0.25, 0.3) is 5.56 Å². The number of nitrogens with one attached hydrogen (secondary N) is 1. The third-order valence-corrected chi connectivity index (χ3v) is 10.8. The molecule has 4 fully saturated rings. The molecular weight excluding hydrogens is 673 g/mol. The largest absolute Gasteiger partial charge is 0.387 e. The zero-order valence-electron chi connectivity index (χ0n) is 21.9. The molecule has 24 heteroatoms. The molecule has 19 nitrogen and oxygen atoms in total. The van der Waals surface area contributed by atoms with Gasteiger partial charge in [0.15, 0.2) is 23.1 Å². The Morgan fingerprint density at radius 2 is 1.89 bits per heavy atom. The lowest BCUT2D eigenvalue weighted by atomic mass is 10.1. The van der Waals surface area contributed by atoms with Crippen molar-refractivity contribution in [2.24, 2.45) is 0 Å². The van der Waals surface area contributed by atoms with Crippen LogP contribution in [0.15, 0.2) is 28.2 Å². The number of H-pyrrole nitrogens is 1. The number of hydrogen-bond acceptors (Lipinski definition) is 16. The molecule has 0 radical (unpaired) electrons. The Balaban J connectivity index is 1.20. The fraction of sp³-hybridized carbons (Fsp3) is 0.550. The lowest BCUT2D eigenvalue weighted by molar-refractivity contribution is -0.0619. The number of thiol groups is 1. The fourth-order valence-corrected chi connectivity index (χ4v) is 8.57. The molecule has 1 aliphatic carbocycles. The van der Waals surface area contributed by atoms with E-state index in [2.05, 4.69) is 32.2 Å². The van der Waals surface area contributed by atoms with Gasteiger partial charge in [0.2, 0.25) is 5.95 Å². The number of anilines is 2. The van der Waals surface area contributed by atoms with Gasteiger partial charge in [-0.2, -0.15) is 9.97 Å². The number of nitrogens with zero attached hydrogens (tertiary/aromatic N) is 5. The topological polar surface area (TPSA) is 263 Å². The van der Waals surface area contributed by atoms with Crippen LogP contribution in [0.3, 0.4) is 0 Å². The van der Waals surface area contributed by atoms with Crippen LogP contribution in [-0.4, -0.2) is 94.6 Å². The summed E-state index contributed by atoms with van der Waals surface area (Å²) in [6.45, 7) is -9.98. The second kappa shape index (κ2) is 10.3. The Morgan fingerprint density at radius 3 is 2.64 bits per heavy atom. The van der Waals surface area contributed by atoms with Gasteiger partial charge < -0.3 is 35.5 Å². The summed E-state index contributed by atoms with van der Waals surface area (Å²) in [4.78, 5) is 49.6. The number of halogens is 1. The molecule has 6 heterocycles. The number of rotatable bonds is 2. The molecule has 11 atom stereocenters. The number of aromatic amines is 1. The van der Waals surface area contributed by atoms with Crippen LogP contribution >= 0.6 is 25.8 Å². The molecule has 238 valence electrons. The molecule has 44 heavy (non-hydrogen) atoms. The predicted octanol–water partition coefficient (Wildman–Crippen LogP) is -1.10. The van der Waals surface area contributed by atoms with Crippen molar-refractivity contribution in [3.05, 3.63) is 39.4 Å². The van der Waals surface area contributed by atoms with Crippen LogP contribution < -0.4 is 22.7 Å². The van der Waals surface area contributed by atoms with Gasteiger partial charge in [-0.15, -0.1) is 0 Å². The number of fused-ring (bicyclic) bond motifs is 6. The van der Waals surface area contributed by atoms with E-state index in [-0.39, 0.29) is 22.9 Å². The van der Waals surface area contributed by atoms with Crippen LogP contribution in [-0.2, 0) is 43.9 Å². The van der Waals surface area contributed by atoms with E-state index in [9.17, 15) is 24.2 Å². The van der Waals surface area contributed by atoms with Crippen molar-refractivity contribution < 1.29 is 46.5 Å². The van der Waals surface area contributed by atoms with E-state index >= 15 is 4.39 Å². The van der Waals surface area contributed by atoms with Crippen LogP contribution in [0.25, 0.3) is 11.2 Å². The van der Waals surface area contributed by atoms with Gasteiger partial charge in [0, 0.05) is 6.20 Å². The summed E-state index contributed by atoms with van der Waals surface area (Å²) in [5.41, 5.74) is 7.13. The first-order valence-electron chi connectivity index (χ1n) is 12.7. The normalized spacial score (nSPS) is 42.2. The maximum absolute atomic E-state index is 16.4. The van der Waals surface area contributed by atoms with Crippen molar-refractivity contribution in [2.75, 3.05) is 24.7 Å². The number of alkyl halides is 1. The number of ether oxygens (including phenoxy) is 2. The number of imidazole rings is 1. The van der Waals surface area contributed by atoms with Crippen molar-refractivity contribution in [1.29, 1.82) is 0 Å². The van der Waals surface area contributed by atoms with Crippen LogP contribution in [0.5, 0.6) is 0 Å². The number of nitrogens with two attached hydrogens (primary N) is 2. The average molecular weight is 697 g/mol. The molecule has 0 spiro atoms. The highest BCUT2D eigenvalue weighted by molar-refractivity contribution is 8.44. The number of aliphatic hydroxyl groups excluding tert-OH is 1. The van der Waals surface area contributed by atoms with Gasteiger partial charge in [-0.3, -0.25) is 32.5 Å². The van der Waals surface area contributed by atoms with E-state index in [1.807, 2.05) is 0 Å². The zero-order chi connectivity index (χ0) is 31.3. The number of hydrogen-bond donors (Lipinski definition) is 6. The Labute approximate surface area is 254 Å². The summed E-state index contributed by atoms with van der Waals surface area (Å²) in [5.74, 6) is -0.311. The van der Waals surface area contributed by atoms with E-state index in [0.717, 1.165) is 4.57 Å². The molecule has 0 aromatic carbocycles. The maximum atomic E-state index is 16.4. The summed E-state index contributed by atoms with van der Waals surface area (Å²) >= 11 is 9.17. The average Bonchev–Trinajstić information content (AvgIpc) is 3.21. The summed E-state index contributed by atoms with van der Waals surface area (Å²) < 4.78 is 65.7. The van der Waals surface area contributed by atoms with Crippen LogP contribution in [0.1, 0.15) is 12.3 Å². The fourth-order valence-electron chi connectivity index (χ4n) is 5.67. The van der Waals surface area contributed by atoms with Crippen LogP contribution in [0.2, 0.25) is 0 Å². The van der Waals surface area contributed by atoms with Gasteiger partial charge >= 0.3 is 19.2 Å². The summed E-state index contributed by atoms with van der Waals surface area (Å²) in [5, 5.41) is 11.1. The van der Waals surface area contributed by atoms with E-state index in [1.165, 1.54) is 23.2 Å². The lowest BCUT2D eigenvalue weighted by Gasteiger charge is -2.30. The van der Waals surface area contributed by atoms with Crippen LogP contribution in [0.4, 0.5) is 16.2 Å². The standard InChI is InChI=1S/C20H23FN8O11P2S2/c21-20-12(28-2-1-8(22)25-19(28)32)14(20)37-7-4-36-41(33,43)39-11-10(30)6(3-35-42(34,44)40-13(7)20)38-17(11)29-5-24-9-15(29)26-18(23)27-16(9)31/h1-2,5-7,10-14,17,30H,3-4H2,(H,33,43)(H,34,44)(H2,22,25,32)(H3,23,26,27,31)/t6-,7-,10?,11?,12-,13?,14?,17-,20?,41?,42?/m1/s1. The summed E-state index contributed by atoms with van der Waals surface area (Å²) in [6, 6.07) is 0.0587. The van der Waals surface area contributed by atoms with E-state index < -0.39 is 92.5 Å². The second-order valence-electron chi connectivity index (χ2n) is 10.4. The highest BCUT2D eigenvalue weighted by Gasteiger charge is 2.81. The van der Waals surface area contributed by atoms with Crippen molar-refractivity contribution >= 4 is 60.5 Å². The molecule has 0 amide bonds. The zero-order valence-corrected chi connectivity index (χ0v) is 25.4. The van der Waals surface area contributed by atoms with Gasteiger partial charge in [-0.1, -0.05) is 12.2 Å². The second-order valence-corrected chi connectivity index (χ2v) is 16.0. The first kappa shape index (κ1) is 30.3. The Kier molecular flexibility index (Phi) is 7.13. The molecule has 3 saturated heterocycles. The molecule has 3 aliphatic heterocycles. The Hall–Kier alpha value is -2.33. The molecule has 7 N–H and O–H groups in total. The first-order valence-corrected chi connectivity index (χ1v) is 18.0. The third kappa shape index (κ3) is 4.93. The summed E-state index contributed by atoms with van der Waals surface area (Å²) in [7, 11) is 0. The minimum atomic E-state index is -4.45. The quantitative estimate of drug-likeness (QED) is 0.137. The van der Waals surface area contributed by atoms with Crippen molar-refractivity contribution in [2.45, 2.75) is 54.6 Å². The Morgan fingerprint density at radius 1 is 1.14 bits per heavy atom. The molecule has 7 unspecified atom stereocenters. The monoisotopic (exact) mass is 696 g/mol. The number of aromatic nitrogens is 6. The molecular formula is C20H23FN8O11P2S2. The molecule has 7 rings (SSSR count). The van der Waals surface area contributed by atoms with Crippen molar-refractivity contribution in [3.63, 3.8) is 0 Å². The van der Waals surface area contributed by atoms with Crippen molar-refractivity contribution in [1.82, 2.24) is 29.1 Å². The van der Waals surface area contributed by atoms with E-state index in [0.29, 0.717) is 0 Å². The Bertz CT molecular complexity index is 1880. The highest BCUT2D eigenvalue weighted by atomic mass is 32.7. The predicted molar refractivity (Wildman–Crippen MR) is 152 cm³/mol. The third-order valence-electron chi connectivity index (χ3n) is 7.66. The molecule has 3 aromatic rings. The molecule has 2 bridgehead atoms. The lowest BCUT2D eigenvalue weighted by Crippen LogP contribution is -2.41. The van der Waals surface area contributed by atoms with Gasteiger partial charge in [-0.05, 0) is 17.9 Å². The van der Waals surface area contributed by atoms with Gasteiger partial charge in [0.1, 0.15) is 48.5 Å². The maximum Gasteiger partial charge on any atom is 0.386 e. The minimum absolute atomic E-state index is 0.0466. The minimum Gasteiger partial charge on any atom is -0.387 e. The van der Waals surface area contributed by atoms with Gasteiger partial charge in [0.05, 0.1) is 19.5 Å². The van der Waals surface area contributed by atoms with E-state index in [1.54, 1.807) is 0 Å². The smallest absolute Gasteiger partial charge is 0.386 e. The number of aliphatic hydroxyl groups is 1. The molecule has 4 aliphatic rings. The number of nitrogen functional groups attached to an aromatic ring is 2. The van der Waals surface area contributed by atoms with Crippen LogP contribution in [0, 0.1) is 0 Å². The summed E-state index contributed by atoms with van der Waals surface area (Å²) in [6.07, 6.45) is -7.62. The van der Waals surface area contributed by atoms with Gasteiger partial charge in [-0.25, -0.2) is 18.7 Å². The molecule has 1 saturated carbocycles.